The molecule has 1 N–H and O–H groups in total. The summed E-state index contributed by atoms with van der Waals surface area (Å²) in [5.74, 6) is 0.0671. The molecule has 3 heteroatoms. The highest BCUT2D eigenvalue weighted by molar-refractivity contribution is 5.29. The van der Waals surface area contributed by atoms with Crippen molar-refractivity contribution in [3.8, 4) is 0 Å². The van der Waals surface area contributed by atoms with Crippen molar-refractivity contribution in [2.24, 2.45) is 5.92 Å². The highest BCUT2D eigenvalue weighted by Gasteiger charge is 2.37. The van der Waals surface area contributed by atoms with Crippen molar-refractivity contribution >= 4 is 0 Å². The Hall–Kier alpha value is -0.930. The fourth-order valence-corrected chi connectivity index (χ4v) is 2.57. The second-order valence-electron chi connectivity index (χ2n) is 5.66. The lowest BCUT2D eigenvalue weighted by molar-refractivity contribution is -0.121. The minimum absolute atomic E-state index is 0.0346. The van der Waals surface area contributed by atoms with Crippen molar-refractivity contribution in [2.75, 3.05) is 6.61 Å². The third kappa shape index (κ3) is 2.73. The molecule has 2 nitrogen and oxygen atoms in total. The molecule has 1 fully saturated rings. The monoisotopic (exact) mass is 252 g/mol. The molecule has 1 aromatic rings. The lowest BCUT2D eigenvalue weighted by atomic mass is 9.80. The number of benzene rings is 1. The number of ether oxygens (including phenoxy) is 1. The van der Waals surface area contributed by atoms with Crippen molar-refractivity contribution < 1.29 is 14.2 Å². The molecule has 1 aromatic carbocycles. The molecule has 1 saturated heterocycles. The molecule has 0 saturated carbocycles. The van der Waals surface area contributed by atoms with E-state index in [0.29, 0.717) is 30.9 Å². The Labute approximate surface area is 108 Å². The molecule has 0 amide bonds. The predicted molar refractivity (Wildman–Crippen MR) is 68.8 cm³/mol. The molecule has 0 radical (unpaired) electrons. The lowest BCUT2D eigenvalue weighted by Gasteiger charge is -2.39. The summed E-state index contributed by atoms with van der Waals surface area (Å²) in [7, 11) is 0. The van der Waals surface area contributed by atoms with Crippen LogP contribution in [0.5, 0.6) is 0 Å². The molecule has 2 unspecified atom stereocenters. The van der Waals surface area contributed by atoms with Crippen LogP contribution in [0.2, 0.25) is 0 Å². The molecule has 2 atom stereocenters. The topological polar surface area (TPSA) is 29.5 Å². The van der Waals surface area contributed by atoms with Crippen LogP contribution < -0.4 is 0 Å². The summed E-state index contributed by atoms with van der Waals surface area (Å²) in [5, 5.41) is 10.8. The van der Waals surface area contributed by atoms with Crippen molar-refractivity contribution in [2.45, 2.75) is 45.3 Å². The SMILES string of the molecule is Cc1cc(F)cc(C2(O)CCOC(C(C)C)C2)c1. The molecule has 0 bridgehead atoms. The first-order valence-electron chi connectivity index (χ1n) is 6.52. The molecular weight excluding hydrogens is 231 g/mol. The second-order valence-corrected chi connectivity index (χ2v) is 5.66. The molecule has 1 heterocycles. The van der Waals surface area contributed by atoms with E-state index in [0.717, 1.165) is 5.56 Å². The van der Waals surface area contributed by atoms with Crippen LogP contribution >= 0.6 is 0 Å². The number of halogens is 1. The van der Waals surface area contributed by atoms with Gasteiger partial charge in [-0.15, -0.1) is 0 Å². The maximum Gasteiger partial charge on any atom is 0.123 e. The highest BCUT2D eigenvalue weighted by Crippen LogP contribution is 2.37. The minimum atomic E-state index is -0.958. The Morgan fingerprint density at radius 1 is 1.39 bits per heavy atom. The predicted octanol–water partition coefficient (Wildman–Crippen LogP) is 3.16. The summed E-state index contributed by atoms with van der Waals surface area (Å²) >= 11 is 0. The van der Waals surface area contributed by atoms with Crippen molar-refractivity contribution in [1.29, 1.82) is 0 Å². The number of hydrogen-bond donors (Lipinski definition) is 1. The Morgan fingerprint density at radius 3 is 2.72 bits per heavy atom. The Balaban J connectivity index is 2.29. The first-order chi connectivity index (χ1) is 8.40. The Bertz CT molecular complexity index is 410. The van der Waals surface area contributed by atoms with Crippen LogP contribution in [0.15, 0.2) is 18.2 Å². The van der Waals surface area contributed by atoms with Crippen LogP contribution in [0.3, 0.4) is 0 Å². The van der Waals surface area contributed by atoms with Gasteiger partial charge in [-0.25, -0.2) is 4.39 Å². The number of aliphatic hydroxyl groups is 1. The molecule has 1 aliphatic heterocycles. The number of aryl methyl sites for hydroxylation is 1. The summed E-state index contributed by atoms with van der Waals surface area (Å²) in [4.78, 5) is 0. The van der Waals surface area contributed by atoms with Gasteiger partial charge in [0.15, 0.2) is 0 Å². The second kappa shape index (κ2) is 4.98. The number of rotatable bonds is 2. The summed E-state index contributed by atoms with van der Waals surface area (Å²) in [6.07, 6.45) is 1.10. The Kier molecular flexibility index (Phi) is 3.74. The fourth-order valence-electron chi connectivity index (χ4n) is 2.57. The number of hydrogen-bond acceptors (Lipinski definition) is 2. The summed E-state index contributed by atoms with van der Waals surface area (Å²) in [5.41, 5.74) is 0.556. The van der Waals surface area contributed by atoms with Gasteiger partial charge in [-0.2, -0.15) is 0 Å². The largest absolute Gasteiger partial charge is 0.385 e. The molecule has 1 aliphatic rings. The van der Waals surface area contributed by atoms with Gasteiger partial charge in [0.25, 0.3) is 0 Å². The van der Waals surface area contributed by atoms with E-state index in [9.17, 15) is 9.50 Å². The van der Waals surface area contributed by atoms with E-state index in [4.69, 9.17) is 4.74 Å². The van der Waals surface area contributed by atoms with Crippen LogP contribution in [-0.4, -0.2) is 17.8 Å². The summed E-state index contributed by atoms with van der Waals surface area (Å²) in [6, 6.07) is 4.79. The maximum absolute atomic E-state index is 13.5. The van der Waals surface area contributed by atoms with E-state index < -0.39 is 5.60 Å². The van der Waals surface area contributed by atoms with Gasteiger partial charge in [-0.05, 0) is 36.1 Å². The first-order valence-corrected chi connectivity index (χ1v) is 6.52. The highest BCUT2D eigenvalue weighted by atomic mass is 19.1. The average molecular weight is 252 g/mol. The van der Waals surface area contributed by atoms with Crippen LogP contribution in [0.1, 0.15) is 37.8 Å². The third-order valence-electron chi connectivity index (χ3n) is 3.71. The van der Waals surface area contributed by atoms with Gasteiger partial charge >= 0.3 is 0 Å². The summed E-state index contributed by atoms with van der Waals surface area (Å²) < 4.78 is 19.1. The minimum Gasteiger partial charge on any atom is -0.385 e. The van der Waals surface area contributed by atoms with Crippen molar-refractivity contribution in [3.05, 3.63) is 35.1 Å². The van der Waals surface area contributed by atoms with Gasteiger partial charge < -0.3 is 9.84 Å². The summed E-state index contributed by atoms with van der Waals surface area (Å²) in [6.45, 7) is 6.52. The molecule has 100 valence electrons. The molecule has 0 aromatic heterocycles. The fraction of sp³-hybridized carbons (Fsp3) is 0.600. The smallest absolute Gasteiger partial charge is 0.123 e. The lowest BCUT2D eigenvalue weighted by Crippen LogP contribution is -2.40. The maximum atomic E-state index is 13.5. The van der Waals surface area contributed by atoms with Crippen LogP contribution in [0, 0.1) is 18.7 Å². The molecular formula is C15H21FO2. The van der Waals surface area contributed by atoms with E-state index in [2.05, 4.69) is 13.8 Å². The third-order valence-corrected chi connectivity index (χ3v) is 3.71. The van der Waals surface area contributed by atoms with Crippen LogP contribution in [-0.2, 0) is 10.3 Å². The molecule has 0 spiro atoms. The van der Waals surface area contributed by atoms with Gasteiger partial charge in [-0.1, -0.05) is 19.9 Å². The van der Waals surface area contributed by atoms with E-state index in [1.807, 2.05) is 13.0 Å². The molecule has 0 aliphatic carbocycles. The van der Waals surface area contributed by atoms with Crippen molar-refractivity contribution in [3.63, 3.8) is 0 Å². The van der Waals surface area contributed by atoms with Crippen LogP contribution in [0.25, 0.3) is 0 Å². The van der Waals surface area contributed by atoms with E-state index >= 15 is 0 Å². The van der Waals surface area contributed by atoms with Gasteiger partial charge in [0.2, 0.25) is 0 Å². The van der Waals surface area contributed by atoms with E-state index in [-0.39, 0.29) is 11.9 Å². The van der Waals surface area contributed by atoms with Crippen molar-refractivity contribution in [1.82, 2.24) is 0 Å². The van der Waals surface area contributed by atoms with Gasteiger partial charge in [0.05, 0.1) is 18.3 Å². The zero-order valence-corrected chi connectivity index (χ0v) is 11.2. The normalized spacial score (nSPS) is 28.7. The van der Waals surface area contributed by atoms with E-state index in [1.165, 1.54) is 12.1 Å². The Morgan fingerprint density at radius 2 is 2.11 bits per heavy atom. The molecule has 18 heavy (non-hydrogen) atoms. The van der Waals surface area contributed by atoms with Gasteiger partial charge in [-0.3, -0.25) is 0 Å². The molecule has 2 rings (SSSR count). The first kappa shape index (κ1) is 13.5. The quantitative estimate of drug-likeness (QED) is 0.876. The van der Waals surface area contributed by atoms with Crippen LogP contribution in [0.4, 0.5) is 4.39 Å². The zero-order valence-electron chi connectivity index (χ0n) is 11.2. The van der Waals surface area contributed by atoms with Gasteiger partial charge in [0, 0.05) is 12.8 Å². The van der Waals surface area contributed by atoms with Gasteiger partial charge in [0.1, 0.15) is 5.82 Å². The standard InChI is InChI=1S/C15H21FO2/c1-10(2)14-9-15(17,4-5-18-14)12-6-11(3)7-13(16)8-12/h6-8,10,14,17H,4-5,9H2,1-3H3. The zero-order chi connectivity index (χ0) is 13.3. The van der Waals surface area contributed by atoms with E-state index in [1.54, 1.807) is 0 Å². The average Bonchev–Trinajstić information content (AvgIpc) is 2.27.